The fraction of sp³-hybridized carbons (Fsp3) is 0.500. The molecular formula is C16H22O8. The molecule has 8 nitrogen and oxygen atoms in total. The molecule has 0 atom stereocenters. The van der Waals surface area contributed by atoms with Gasteiger partial charge in [-0.15, -0.1) is 0 Å². The second kappa shape index (κ2) is 7.06. The zero-order valence-corrected chi connectivity index (χ0v) is 14.5. The molecule has 8 heteroatoms. The van der Waals surface area contributed by atoms with E-state index in [1.165, 1.54) is 0 Å². The van der Waals surface area contributed by atoms with Gasteiger partial charge >= 0.3 is 11.9 Å². The summed E-state index contributed by atoms with van der Waals surface area (Å²) in [5.41, 5.74) is -2.18. The van der Waals surface area contributed by atoms with Crippen LogP contribution < -0.4 is 9.78 Å². The Balaban J connectivity index is 3.42. The van der Waals surface area contributed by atoms with Crippen LogP contribution in [-0.4, -0.2) is 33.4 Å². The van der Waals surface area contributed by atoms with Crippen LogP contribution in [0.2, 0.25) is 0 Å². The van der Waals surface area contributed by atoms with Gasteiger partial charge in [-0.25, -0.2) is 9.59 Å². The third-order valence-corrected chi connectivity index (χ3v) is 2.32. The van der Waals surface area contributed by atoms with Crippen molar-refractivity contribution in [3.8, 4) is 11.5 Å². The predicted molar refractivity (Wildman–Crippen MR) is 83.3 cm³/mol. The van der Waals surface area contributed by atoms with Gasteiger partial charge in [0, 0.05) is 0 Å². The van der Waals surface area contributed by atoms with Crippen LogP contribution in [0.4, 0.5) is 0 Å². The molecule has 0 heterocycles. The zero-order valence-electron chi connectivity index (χ0n) is 14.5. The average molecular weight is 342 g/mol. The Morgan fingerprint density at radius 2 is 1.04 bits per heavy atom. The molecule has 2 N–H and O–H groups in total. The predicted octanol–water partition coefficient (Wildman–Crippen LogP) is 3.30. The second-order valence-corrected chi connectivity index (χ2v) is 6.99. The van der Waals surface area contributed by atoms with E-state index < -0.39 is 23.1 Å². The zero-order chi connectivity index (χ0) is 18.7. The minimum atomic E-state index is -1.33. The Bertz CT molecular complexity index is 567. The van der Waals surface area contributed by atoms with Crippen LogP contribution in [0, 0.1) is 0 Å². The van der Waals surface area contributed by atoms with Gasteiger partial charge < -0.3 is 20.0 Å². The summed E-state index contributed by atoms with van der Waals surface area (Å²) in [4.78, 5) is 43.2. The maximum atomic E-state index is 11.4. The van der Waals surface area contributed by atoms with E-state index >= 15 is 0 Å². The summed E-state index contributed by atoms with van der Waals surface area (Å²) in [6.07, 6.45) is 0. The minimum absolute atomic E-state index is 0.322. The van der Waals surface area contributed by atoms with Crippen LogP contribution in [0.15, 0.2) is 12.1 Å². The standard InChI is InChI=1S/C16H22O8/c1-15(2,3)23-21-11-9(13(17)18)7-8-10(14(19)20)12(11)22-24-16(4,5)6/h7-8H,1-6H3,(H,17,18)(H,19,20). The quantitative estimate of drug-likeness (QED) is 0.598. The lowest BCUT2D eigenvalue weighted by atomic mass is 10.1. The van der Waals surface area contributed by atoms with E-state index in [0.29, 0.717) is 0 Å². The molecule has 0 aliphatic heterocycles. The van der Waals surface area contributed by atoms with Crippen LogP contribution in [0.3, 0.4) is 0 Å². The molecule has 1 aromatic carbocycles. The van der Waals surface area contributed by atoms with E-state index in [9.17, 15) is 19.8 Å². The van der Waals surface area contributed by atoms with Crippen molar-refractivity contribution in [2.45, 2.75) is 52.7 Å². The second-order valence-electron chi connectivity index (χ2n) is 6.99. The summed E-state index contributed by atoms with van der Waals surface area (Å²) in [7, 11) is 0. The van der Waals surface area contributed by atoms with Crippen LogP contribution in [0.1, 0.15) is 62.3 Å². The molecule has 0 fully saturated rings. The fourth-order valence-corrected chi connectivity index (χ4v) is 1.40. The van der Waals surface area contributed by atoms with E-state index in [4.69, 9.17) is 19.6 Å². The molecule has 0 spiro atoms. The number of carboxylic acid groups (broad SMARTS) is 2. The van der Waals surface area contributed by atoms with Crippen molar-refractivity contribution in [1.29, 1.82) is 0 Å². The molecular weight excluding hydrogens is 320 g/mol. The number of rotatable bonds is 6. The van der Waals surface area contributed by atoms with Crippen LogP contribution >= 0.6 is 0 Å². The van der Waals surface area contributed by atoms with Crippen molar-refractivity contribution >= 4 is 11.9 Å². The molecule has 1 aromatic rings. The number of benzene rings is 1. The third kappa shape index (κ3) is 5.71. The van der Waals surface area contributed by atoms with Crippen LogP contribution in [0.25, 0.3) is 0 Å². The van der Waals surface area contributed by atoms with E-state index in [0.717, 1.165) is 12.1 Å². The molecule has 0 amide bonds. The van der Waals surface area contributed by atoms with E-state index in [2.05, 4.69) is 0 Å². The van der Waals surface area contributed by atoms with Gasteiger partial charge in [-0.3, -0.25) is 0 Å². The molecule has 24 heavy (non-hydrogen) atoms. The Morgan fingerprint density at radius 3 is 1.25 bits per heavy atom. The van der Waals surface area contributed by atoms with Gasteiger partial charge in [0.05, 0.1) is 0 Å². The normalized spacial score (nSPS) is 11.9. The highest BCUT2D eigenvalue weighted by atomic mass is 17.2. The maximum absolute atomic E-state index is 11.4. The minimum Gasteiger partial charge on any atom is -0.478 e. The molecule has 0 aromatic heterocycles. The highest BCUT2D eigenvalue weighted by Crippen LogP contribution is 2.37. The number of hydrogen-bond acceptors (Lipinski definition) is 6. The summed E-state index contributed by atoms with van der Waals surface area (Å²) >= 11 is 0. The van der Waals surface area contributed by atoms with Gasteiger partial charge in [-0.2, -0.15) is 9.78 Å². The van der Waals surface area contributed by atoms with Crippen molar-refractivity contribution in [2.24, 2.45) is 0 Å². The number of carbonyl (C=O) groups is 2. The first-order valence-electron chi connectivity index (χ1n) is 7.17. The first-order chi connectivity index (χ1) is 10.8. The van der Waals surface area contributed by atoms with E-state index in [1.54, 1.807) is 41.5 Å². The van der Waals surface area contributed by atoms with Gasteiger partial charge in [-0.05, 0) is 53.7 Å². The molecule has 0 unspecified atom stereocenters. The lowest BCUT2D eigenvalue weighted by Gasteiger charge is -2.22. The summed E-state index contributed by atoms with van der Waals surface area (Å²) in [6, 6.07) is 2.19. The highest BCUT2D eigenvalue weighted by Gasteiger charge is 2.28. The van der Waals surface area contributed by atoms with Gasteiger partial charge in [-0.1, -0.05) is 0 Å². The monoisotopic (exact) mass is 342 g/mol. The maximum Gasteiger partial charge on any atom is 0.339 e. The van der Waals surface area contributed by atoms with Crippen LogP contribution in [0.5, 0.6) is 11.5 Å². The summed E-state index contributed by atoms with van der Waals surface area (Å²) < 4.78 is 0. The van der Waals surface area contributed by atoms with Crippen molar-refractivity contribution in [3.05, 3.63) is 23.3 Å². The first kappa shape index (κ1) is 19.7. The molecule has 0 aliphatic rings. The summed E-state index contributed by atoms with van der Waals surface area (Å²) in [5.74, 6) is -3.44. The van der Waals surface area contributed by atoms with Gasteiger partial charge in [0.25, 0.3) is 0 Å². The Morgan fingerprint density at radius 1 is 0.750 bits per heavy atom. The van der Waals surface area contributed by atoms with Gasteiger partial charge in [0.2, 0.25) is 11.5 Å². The largest absolute Gasteiger partial charge is 0.478 e. The lowest BCUT2D eigenvalue weighted by Crippen LogP contribution is -2.24. The Hall–Kier alpha value is -2.32. The van der Waals surface area contributed by atoms with Crippen LogP contribution in [-0.2, 0) is 9.78 Å². The van der Waals surface area contributed by atoms with Gasteiger partial charge in [0.15, 0.2) is 0 Å². The first-order valence-corrected chi connectivity index (χ1v) is 7.17. The summed E-state index contributed by atoms with van der Waals surface area (Å²) in [6.45, 7) is 10.1. The van der Waals surface area contributed by atoms with E-state index in [1.807, 2.05) is 0 Å². The molecule has 0 saturated heterocycles. The summed E-state index contributed by atoms with van der Waals surface area (Å²) in [5, 5.41) is 18.6. The number of aromatic carboxylic acids is 2. The van der Waals surface area contributed by atoms with Crippen molar-refractivity contribution < 1.29 is 39.4 Å². The lowest BCUT2D eigenvalue weighted by molar-refractivity contribution is -0.292. The molecule has 0 aliphatic carbocycles. The number of hydrogen-bond donors (Lipinski definition) is 2. The average Bonchev–Trinajstić information content (AvgIpc) is 2.40. The van der Waals surface area contributed by atoms with Crippen molar-refractivity contribution in [1.82, 2.24) is 0 Å². The third-order valence-electron chi connectivity index (χ3n) is 2.32. The number of carboxylic acids is 2. The molecule has 0 radical (unpaired) electrons. The fourth-order valence-electron chi connectivity index (χ4n) is 1.40. The van der Waals surface area contributed by atoms with Gasteiger partial charge in [0.1, 0.15) is 22.3 Å². The molecule has 0 saturated carbocycles. The molecule has 1 rings (SSSR count). The van der Waals surface area contributed by atoms with E-state index in [-0.39, 0.29) is 22.6 Å². The Labute approximate surface area is 139 Å². The molecule has 134 valence electrons. The smallest absolute Gasteiger partial charge is 0.339 e. The Kier molecular flexibility index (Phi) is 5.80. The van der Waals surface area contributed by atoms with Crippen molar-refractivity contribution in [3.63, 3.8) is 0 Å². The SMILES string of the molecule is CC(C)(C)OOc1c(C(=O)O)ccc(C(=O)O)c1OOC(C)(C)C. The topological polar surface area (TPSA) is 112 Å². The highest BCUT2D eigenvalue weighted by molar-refractivity contribution is 5.97. The molecule has 0 bridgehead atoms. The van der Waals surface area contributed by atoms with Crippen molar-refractivity contribution in [2.75, 3.05) is 0 Å².